The first-order valence-corrected chi connectivity index (χ1v) is 10.5. The predicted molar refractivity (Wildman–Crippen MR) is 119 cm³/mol. The fourth-order valence-corrected chi connectivity index (χ4v) is 3.38. The molecule has 28 heavy (non-hydrogen) atoms. The van der Waals surface area contributed by atoms with Crippen molar-refractivity contribution in [2.45, 2.75) is 5.16 Å². The summed E-state index contributed by atoms with van der Waals surface area (Å²) < 4.78 is 3.12. The van der Waals surface area contributed by atoms with Gasteiger partial charge in [-0.2, -0.15) is 5.10 Å². The van der Waals surface area contributed by atoms with Crippen LogP contribution in [0.15, 0.2) is 67.7 Å². The summed E-state index contributed by atoms with van der Waals surface area (Å²) in [5.74, 6) is 6.19. The van der Waals surface area contributed by atoms with Gasteiger partial charge < -0.3 is 11.2 Å². The fraction of sp³-hybridized carbons (Fsp3) is 0.0588. The lowest BCUT2D eigenvalue weighted by Crippen LogP contribution is -2.16. The van der Waals surface area contributed by atoms with E-state index in [0.717, 1.165) is 14.5 Å². The van der Waals surface area contributed by atoms with E-state index < -0.39 is 0 Å². The van der Waals surface area contributed by atoms with Crippen molar-refractivity contribution in [1.29, 1.82) is 0 Å². The molecule has 1 aromatic heterocycles. The van der Waals surface area contributed by atoms with E-state index in [0.29, 0.717) is 10.8 Å². The Morgan fingerprint density at radius 2 is 1.96 bits per heavy atom. The van der Waals surface area contributed by atoms with Crippen molar-refractivity contribution in [3.05, 3.63) is 63.0 Å². The zero-order chi connectivity index (χ0) is 19.9. The van der Waals surface area contributed by atoms with E-state index in [1.165, 1.54) is 16.4 Å². The molecule has 0 atom stereocenters. The van der Waals surface area contributed by atoms with Gasteiger partial charge in [-0.3, -0.25) is 4.79 Å². The van der Waals surface area contributed by atoms with Gasteiger partial charge in [-0.15, -0.1) is 10.2 Å². The standard InChI is InChI=1S/C17H15Br2N7OS/c18-12-6-4-11(5-7-12)9-21-23-16-24-25-17(26(16)20)28-10-15(27)22-14-3-1-2-13(19)8-14/h1-9H,10,20H2,(H,22,27)(H,23,24)/b21-9+. The molecule has 0 unspecified atom stereocenters. The largest absolute Gasteiger partial charge is 0.334 e. The lowest BCUT2D eigenvalue weighted by Gasteiger charge is -2.05. The van der Waals surface area contributed by atoms with Crippen LogP contribution in [0.4, 0.5) is 11.6 Å². The van der Waals surface area contributed by atoms with Crippen molar-refractivity contribution in [2.75, 3.05) is 22.3 Å². The number of hydrogen-bond donors (Lipinski definition) is 3. The number of nitrogens with two attached hydrogens (primary N) is 1. The van der Waals surface area contributed by atoms with E-state index in [1.54, 1.807) is 6.21 Å². The molecular formula is C17H15Br2N7OS. The van der Waals surface area contributed by atoms with E-state index >= 15 is 0 Å². The number of hydrazone groups is 1. The zero-order valence-corrected chi connectivity index (χ0v) is 18.3. The smallest absolute Gasteiger partial charge is 0.264 e. The summed E-state index contributed by atoms with van der Waals surface area (Å²) in [6.07, 6.45) is 1.64. The van der Waals surface area contributed by atoms with Crippen LogP contribution in [0, 0.1) is 0 Å². The number of nitrogens with one attached hydrogen (secondary N) is 2. The van der Waals surface area contributed by atoms with Crippen LogP contribution < -0.4 is 16.6 Å². The molecule has 0 radical (unpaired) electrons. The Labute approximate surface area is 182 Å². The van der Waals surface area contributed by atoms with Crippen LogP contribution in [0.25, 0.3) is 0 Å². The van der Waals surface area contributed by atoms with E-state index in [9.17, 15) is 4.79 Å². The Kier molecular flexibility index (Phi) is 7.06. The van der Waals surface area contributed by atoms with Gasteiger partial charge in [-0.05, 0) is 35.9 Å². The summed E-state index contributed by atoms with van der Waals surface area (Å²) in [7, 11) is 0. The summed E-state index contributed by atoms with van der Waals surface area (Å²) in [5, 5.41) is 15.2. The lowest BCUT2D eigenvalue weighted by molar-refractivity contribution is -0.113. The highest BCUT2D eigenvalue weighted by molar-refractivity contribution is 9.10. The van der Waals surface area contributed by atoms with Gasteiger partial charge in [0.05, 0.1) is 12.0 Å². The van der Waals surface area contributed by atoms with E-state index in [-0.39, 0.29) is 17.6 Å². The van der Waals surface area contributed by atoms with Crippen molar-refractivity contribution in [3.63, 3.8) is 0 Å². The molecule has 3 rings (SSSR count). The first kappa shape index (κ1) is 20.4. The highest BCUT2D eigenvalue weighted by Crippen LogP contribution is 2.19. The van der Waals surface area contributed by atoms with Gasteiger partial charge in [0.25, 0.3) is 5.95 Å². The summed E-state index contributed by atoms with van der Waals surface area (Å²) in [6.45, 7) is 0. The molecule has 0 aliphatic heterocycles. The summed E-state index contributed by atoms with van der Waals surface area (Å²) in [4.78, 5) is 12.1. The van der Waals surface area contributed by atoms with E-state index in [4.69, 9.17) is 5.84 Å². The van der Waals surface area contributed by atoms with Crippen molar-refractivity contribution in [1.82, 2.24) is 14.9 Å². The van der Waals surface area contributed by atoms with Crippen LogP contribution in [0.2, 0.25) is 0 Å². The van der Waals surface area contributed by atoms with Crippen LogP contribution in [0.1, 0.15) is 5.56 Å². The normalized spacial score (nSPS) is 10.9. The molecule has 1 amide bonds. The Morgan fingerprint density at radius 1 is 1.18 bits per heavy atom. The van der Waals surface area contributed by atoms with Gasteiger partial charge in [0.2, 0.25) is 11.1 Å². The van der Waals surface area contributed by atoms with Crippen LogP contribution in [-0.4, -0.2) is 32.7 Å². The molecule has 2 aromatic carbocycles. The van der Waals surface area contributed by atoms with E-state index in [2.05, 4.69) is 57.9 Å². The molecule has 0 aliphatic rings. The first-order chi connectivity index (χ1) is 13.5. The second-order valence-corrected chi connectivity index (χ2v) is 8.22. The van der Waals surface area contributed by atoms with Crippen LogP contribution in [-0.2, 0) is 4.79 Å². The minimum Gasteiger partial charge on any atom is -0.334 e. The summed E-state index contributed by atoms with van der Waals surface area (Å²) in [6, 6.07) is 15.0. The molecule has 4 N–H and O–H groups in total. The Hall–Kier alpha value is -2.37. The fourth-order valence-electron chi connectivity index (χ4n) is 2.06. The molecule has 0 saturated heterocycles. The number of rotatable bonds is 7. The van der Waals surface area contributed by atoms with Crippen molar-refractivity contribution in [2.24, 2.45) is 5.10 Å². The minimum absolute atomic E-state index is 0.143. The Balaban J connectivity index is 1.52. The van der Waals surface area contributed by atoms with Gasteiger partial charge in [-0.1, -0.05) is 61.8 Å². The average molecular weight is 525 g/mol. The maximum atomic E-state index is 12.1. The number of benzene rings is 2. The number of carbonyl (C=O) groups excluding carboxylic acids is 1. The molecule has 0 saturated carbocycles. The monoisotopic (exact) mass is 523 g/mol. The molecule has 3 aromatic rings. The highest BCUT2D eigenvalue weighted by atomic mass is 79.9. The molecule has 0 aliphatic carbocycles. The SMILES string of the molecule is Nn1c(N/N=C/c2ccc(Br)cc2)nnc1SCC(=O)Nc1cccc(Br)c1. The maximum absolute atomic E-state index is 12.1. The van der Waals surface area contributed by atoms with Crippen molar-refractivity contribution < 1.29 is 4.79 Å². The number of anilines is 2. The quantitative estimate of drug-likeness (QED) is 0.188. The van der Waals surface area contributed by atoms with Gasteiger partial charge in [-0.25, -0.2) is 10.1 Å². The number of hydrogen-bond acceptors (Lipinski definition) is 7. The zero-order valence-electron chi connectivity index (χ0n) is 14.3. The molecule has 11 heteroatoms. The van der Waals surface area contributed by atoms with Gasteiger partial charge in [0.1, 0.15) is 0 Å². The molecule has 1 heterocycles. The average Bonchev–Trinajstić information content (AvgIpc) is 3.02. The number of amides is 1. The second kappa shape index (κ2) is 9.71. The highest BCUT2D eigenvalue weighted by Gasteiger charge is 2.12. The number of aromatic nitrogens is 3. The number of nitrogen functional groups attached to an aromatic ring is 1. The lowest BCUT2D eigenvalue weighted by atomic mass is 10.2. The molecule has 0 bridgehead atoms. The number of thioether (sulfide) groups is 1. The van der Waals surface area contributed by atoms with Crippen LogP contribution in [0.5, 0.6) is 0 Å². The van der Waals surface area contributed by atoms with Crippen molar-refractivity contribution >= 4 is 67.4 Å². The molecular weight excluding hydrogens is 510 g/mol. The minimum atomic E-state index is -0.172. The predicted octanol–water partition coefficient (Wildman–Crippen LogP) is 3.69. The Morgan fingerprint density at radius 3 is 2.71 bits per heavy atom. The summed E-state index contributed by atoms with van der Waals surface area (Å²) in [5.41, 5.74) is 4.35. The van der Waals surface area contributed by atoms with Crippen molar-refractivity contribution in [3.8, 4) is 0 Å². The maximum Gasteiger partial charge on any atom is 0.264 e. The van der Waals surface area contributed by atoms with E-state index in [1.807, 2.05) is 48.5 Å². The molecule has 0 spiro atoms. The molecule has 0 fully saturated rings. The summed E-state index contributed by atoms with van der Waals surface area (Å²) >= 11 is 7.92. The number of carbonyl (C=O) groups is 1. The van der Waals surface area contributed by atoms with Crippen LogP contribution in [0.3, 0.4) is 0 Å². The third-order valence-corrected chi connectivity index (χ3v) is 5.32. The second-order valence-electron chi connectivity index (χ2n) is 5.44. The third-order valence-electron chi connectivity index (χ3n) is 3.35. The number of halogens is 2. The molecule has 8 nitrogen and oxygen atoms in total. The molecule has 144 valence electrons. The van der Waals surface area contributed by atoms with Gasteiger partial charge in [0.15, 0.2) is 0 Å². The topological polar surface area (TPSA) is 110 Å². The Bertz CT molecular complexity index is 991. The first-order valence-electron chi connectivity index (χ1n) is 7.94. The van der Waals surface area contributed by atoms with Crippen LogP contribution >= 0.6 is 43.6 Å². The number of nitrogens with zero attached hydrogens (tertiary/aromatic N) is 4. The van der Waals surface area contributed by atoms with Gasteiger partial charge in [0, 0.05) is 14.6 Å². The third kappa shape index (κ3) is 5.81. The van der Waals surface area contributed by atoms with Gasteiger partial charge >= 0.3 is 0 Å².